The van der Waals surface area contributed by atoms with Crippen LogP contribution in [-0.4, -0.2) is 28.1 Å². The molecule has 0 bridgehead atoms. The highest BCUT2D eigenvalue weighted by molar-refractivity contribution is 6.02. The van der Waals surface area contributed by atoms with Crippen LogP contribution in [0, 0.1) is 0 Å². The third kappa shape index (κ3) is 2.75. The number of pyridine rings is 1. The fraction of sp³-hybridized carbons (Fsp3) is 0.0909. The fourth-order valence-corrected chi connectivity index (χ4v) is 1.22. The Morgan fingerprint density at radius 3 is 2.47 bits per heavy atom. The van der Waals surface area contributed by atoms with Crippen molar-refractivity contribution in [1.82, 2.24) is 15.2 Å². The molecule has 86 valence electrons. The largest absolute Gasteiger partial charge is 0.372 e. The van der Waals surface area contributed by atoms with Gasteiger partial charge in [-0.05, 0) is 24.3 Å². The van der Waals surface area contributed by atoms with Gasteiger partial charge in [0, 0.05) is 25.1 Å². The molecule has 0 aromatic carbocycles. The molecule has 2 aromatic heterocycles. The Labute approximate surface area is 98.1 Å². The van der Waals surface area contributed by atoms with Crippen molar-refractivity contribution >= 4 is 17.4 Å². The molecular formula is C11H11N5O. The molecule has 0 aliphatic heterocycles. The van der Waals surface area contributed by atoms with Crippen molar-refractivity contribution in [3.05, 3.63) is 42.4 Å². The number of anilines is 2. The maximum absolute atomic E-state index is 11.8. The van der Waals surface area contributed by atoms with Gasteiger partial charge in [0.25, 0.3) is 5.91 Å². The first-order valence-electron chi connectivity index (χ1n) is 5.02. The lowest BCUT2D eigenvalue weighted by Gasteiger charge is -2.03. The zero-order valence-corrected chi connectivity index (χ0v) is 9.21. The summed E-state index contributed by atoms with van der Waals surface area (Å²) in [5.41, 5.74) is 0.935. The van der Waals surface area contributed by atoms with Gasteiger partial charge in [0.15, 0.2) is 5.69 Å². The van der Waals surface area contributed by atoms with E-state index in [0.29, 0.717) is 11.5 Å². The number of hydrogen-bond acceptors (Lipinski definition) is 5. The molecule has 0 saturated carbocycles. The molecule has 0 spiro atoms. The van der Waals surface area contributed by atoms with Crippen LogP contribution in [0.1, 0.15) is 10.5 Å². The van der Waals surface area contributed by atoms with Crippen molar-refractivity contribution in [1.29, 1.82) is 0 Å². The van der Waals surface area contributed by atoms with Crippen molar-refractivity contribution in [2.75, 3.05) is 17.7 Å². The van der Waals surface area contributed by atoms with Crippen LogP contribution >= 0.6 is 0 Å². The van der Waals surface area contributed by atoms with Gasteiger partial charge >= 0.3 is 0 Å². The van der Waals surface area contributed by atoms with Gasteiger partial charge in [0.1, 0.15) is 5.82 Å². The highest BCUT2D eigenvalue weighted by Crippen LogP contribution is 2.06. The predicted octanol–water partition coefficient (Wildman–Crippen LogP) is 1.17. The maximum Gasteiger partial charge on any atom is 0.276 e. The van der Waals surface area contributed by atoms with Crippen LogP contribution < -0.4 is 10.6 Å². The smallest absolute Gasteiger partial charge is 0.276 e. The number of aromatic nitrogens is 3. The van der Waals surface area contributed by atoms with Gasteiger partial charge < -0.3 is 10.6 Å². The molecule has 2 N–H and O–H groups in total. The average molecular weight is 229 g/mol. The predicted molar refractivity (Wildman–Crippen MR) is 63.8 cm³/mol. The number of nitrogens with one attached hydrogen (secondary N) is 2. The van der Waals surface area contributed by atoms with Crippen molar-refractivity contribution in [3.8, 4) is 0 Å². The molecule has 0 fully saturated rings. The van der Waals surface area contributed by atoms with Crippen LogP contribution in [0.2, 0.25) is 0 Å². The average Bonchev–Trinajstić information content (AvgIpc) is 2.40. The molecule has 0 radical (unpaired) electrons. The summed E-state index contributed by atoms with van der Waals surface area (Å²) < 4.78 is 0. The first-order chi connectivity index (χ1) is 8.29. The lowest BCUT2D eigenvalue weighted by atomic mass is 10.3. The monoisotopic (exact) mass is 229 g/mol. The lowest BCUT2D eigenvalue weighted by molar-refractivity contribution is 0.102. The molecule has 6 heteroatoms. The summed E-state index contributed by atoms with van der Waals surface area (Å²) >= 11 is 0. The van der Waals surface area contributed by atoms with E-state index in [4.69, 9.17) is 0 Å². The summed E-state index contributed by atoms with van der Waals surface area (Å²) in [4.78, 5) is 15.6. The SMILES string of the molecule is CNc1ccc(C(=O)Nc2ccncc2)nn1. The van der Waals surface area contributed by atoms with E-state index >= 15 is 0 Å². The van der Waals surface area contributed by atoms with Crippen LogP contribution in [0.25, 0.3) is 0 Å². The molecule has 0 aliphatic carbocycles. The number of nitrogens with zero attached hydrogens (tertiary/aromatic N) is 3. The number of amides is 1. The summed E-state index contributed by atoms with van der Waals surface area (Å²) in [5.74, 6) is 0.316. The van der Waals surface area contributed by atoms with Crippen molar-refractivity contribution in [2.45, 2.75) is 0 Å². The maximum atomic E-state index is 11.8. The van der Waals surface area contributed by atoms with E-state index in [-0.39, 0.29) is 11.6 Å². The topological polar surface area (TPSA) is 79.8 Å². The number of hydrogen-bond donors (Lipinski definition) is 2. The Hall–Kier alpha value is -2.50. The van der Waals surface area contributed by atoms with Gasteiger partial charge in [-0.25, -0.2) is 0 Å². The molecule has 0 aliphatic rings. The molecule has 2 aromatic rings. The second kappa shape index (κ2) is 5.02. The number of carbonyl (C=O) groups excluding carboxylic acids is 1. The highest BCUT2D eigenvalue weighted by atomic mass is 16.1. The van der Waals surface area contributed by atoms with E-state index in [9.17, 15) is 4.79 Å². The first kappa shape index (κ1) is 11.0. The van der Waals surface area contributed by atoms with Crippen LogP contribution in [0.3, 0.4) is 0 Å². The summed E-state index contributed by atoms with van der Waals surface area (Å²) in [6.07, 6.45) is 3.21. The molecule has 2 heterocycles. The van der Waals surface area contributed by atoms with E-state index in [1.54, 1.807) is 43.7 Å². The second-order valence-corrected chi connectivity index (χ2v) is 3.24. The summed E-state index contributed by atoms with van der Waals surface area (Å²) in [5, 5.41) is 13.2. The summed E-state index contributed by atoms with van der Waals surface area (Å²) in [6.45, 7) is 0. The van der Waals surface area contributed by atoms with Gasteiger partial charge in [0.05, 0.1) is 0 Å². The van der Waals surface area contributed by atoms with Crippen LogP contribution in [0.5, 0.6) is 0 Å². The normalized spacial score (nSPS) is 9.71. The Balaban J connectivity index is 2.09. The summed E-state index contributed by atoms with van der Waals surface area (Å²) in [7, 11) is 1.74. The van der Waals surface area contributed by atoms with E-state index in [0.717, 1.165) is 0 Å². The minimum atomic E-state index is -0.300. The second-order valence-electron chi connectivity index (χ2n) is 3.24. The molecule has 17 heavy (non-hydrogen) atoms. The molecule has 1 amide bonds. The van der Waals surface area contributed by atoms with E-state index in [2.05, 4.69) is 25.8 Å². The molecule has 0 atom stereocenters. The van der Waals surface area contributed by atoms with Crippen molar-refractivity contribution in [3.63, 3.8) is 0 Å². The molecule has 2 rings (SSSR count). The standard InChI is InChI=1S/C11H11N5O/c1-12-10-3-2-9(15-16-10)11(17)14-8-4-6-13-7-5-8/h2-7H,1H3,(H,12,16)(H,13,14,17). The Morgan fingerprint density at radius 1 is 1.12 bits per heavy atom. The molecule has 6 nitrogen and oxygen atoms in total. The zero-order valence-electron chi connectivity index (χ0n) is 9.21. The van der Waals surface area contributed by atoms with E-state index in [1.807, 2.05) is 0 Å². The highest BCUT2D eigenvalue weighted by Gasteiger charge is 2.07. The molecule has 0 saturated heterocycles. The van der Waals surface area contributed by atoms with Gasteiger partial charge in [-0.1, -0.05) is 0 Å². The van der Waals surface area contributed by atoms with Crippen LogP contribution in [0.15, 0.2) is 36.7 Å². The molecule has 0 unspecified atom stereocenters. The Kier molecular flexibility index (Phi) is 3.25. The Bertz CT molecular complexity index is 497. The quantitative estimate of drug-likeness (QED) is 0.825. The van der Waals surface area contributed by atoms with E-state index < -0.39 is 0 Å². The first-order valence-corrected chi connectivity index (χ1v) is 5.02. The number of rotatable bonds is 3. The zero-order chi connectivity index (χ0) is 12.1. The third-order valence-electron chi connectivity index (χ3n) is 2.09. The van der Waals surface area contributed by atoms with Gasteiger partial charge in [-0.3, -0.25) is 9.78 Å². The van der Waals surface area contributed by atoms with Crippen molar-refractivity contribution < 1.29 is 4.79 Å². The van der Waals surface area contributed by atoms with Gasteiger partial charge in [-0.15, -0.1) is 10.2 Å². The third-order valence-corrected chi connectivity index (χ3v) is 2.09. The number of carbonyl (C=O) groups is 1. The summed E-state index contributed by atoms with van der Waals surface area (Å²) in [6, 6.07) is 6.70. The van der Waals surface area contributed by atoms with E-state index in [1.165, 1.54) is 0 Å². The van der Waals surface area contributed by atoms with Crippen molar-refractivity contribution in [2.24, 2.45) is 0 Å². The molecular weight excluding hydrogens is 218 g/mol. The van der Waals surface area contributed by atoms with Gasteiger partial charge in [0.2, 0.25) is 0 Å². The minimum absolute atomic E-state index is 0.265. The van der Waals surface area contributed by atoms with Gasteiger partial charge in [-0.2, -0.15) is 0 Å². The van der Waals surface area contributed by atoms with Crippen LogP contribution in [-0.2, 0) is 0 Å². The Morgan fingerprint density at radius 2 is 1.88 bits per heavy atom. The lowest BCUT2D eigenvalue weighted by Crippen LogP contribution is -2.14. The minimum Gasteiger partial charge on any atom is -0.372 e. The van der Waals surface area contributed by atoms with Crippen LogP contribution in [0.4, 0.5) is 11.5 Å². The fourth-order valence-electron chi connectivity index (χ4n) is 1.22.